The fourth-order valence-electron chi connectivity index (χ4n) is 0.839. The van der Waals surface area contributed by atoms with E-state index in [0.717, 1.165) is 12.2 Å². The number of H-pyrrole nitrogens is 1. The second kappa shape index (κ2) is 3.31. The summed E-state index contributed by atoms with van der Waals surface area (Å²) in [5.74, 6) is 1.32. The summed E-state index contributed by atoms with van der Waals surface area (Å²) in [6, 6.07) is 0. The SMILES string of the molecule is CC(CCN)c1ncn[nH]1. The molecule has 4 nitrogen and oxygen atoms in total. The van der Waals surface area contributed by atoms with Gasteiger partial charge in [-0.1, -0.05) is 6.92 Å². The summed E-state index contributed by atoms with van der Waals surface area (Å²) >= 11 is 0. The Hall–Kier alpha value is -0.900. The molecule has 1 atom stereocenters. The van der Waals surface area contributed by atoms with Crippen LogP contribution >= 0.6 is 0 Å². The fourth-order valence-corrected chi connectivity index (χ4v) is 0.839. The van der Waals surface area contributed by atoms with E-state index >= 15 is 0 Å². The van der Waals surface area contributed by atoms with E-state index in [-0.39, 0.29) is 0 Å². The number of nitrogens with two attached hydrogens (primary N) is 1. The highest BCUT2D eigenvalue weighted by Crippen LogP contribution is 2.11. The highest BCUT2D eigenvalue weighted by molar-refractivity contribution is 4.89. The van der Waals surface area contributed by atoms with Crippen molar-refractivity contribution in [3.8, 4) is 0 Å². The lowest BCUT2D eigenvalue weighted by Crippen LogP contribution is -2.05. The Morgan fingerprint density at radius 2 is 2.60 bits per heavy atom. The fraction of sp³-hybridized carbons (Fsp3) is 0.667. The van der Waals surface area contributed by atoms with Crippen molar-refractivity contribution in [1.82, 2.24) is 15.2 Å². The largest absolute Gasteiger partial charge is 0.330 e. The van der Waals surface area contributed by atoms with Gasteiger partial charge in [-0.05, 0) is 13.0 Å². The Morgan fingerprint density at radius 3 is 3.10 bits per heavy atom. The van der Waals surface area contributed by atoms with Crippen molar-refractivity contribution in [2.45, 2.75) is 19.3 Å². The molecule has 0 spiro atoms. The van der Waals surface area contributed by atoms with E-state index in [1.165, 1.54) is 6.33 Å². The first kappa shape index (κ1) is 7.21. The van der Waals surface area contributed by atoms with Crippen LogP contribution < -0.4 is 5.73 Å². The number of rotatable bonds is 3. The molecule has 0 aromatic carbocycles. The Bertz CT molecular complexity index is 170. The van der Waals surface area contributed by atoms with E-state index < -0.39 is 0 Å². The van der Waals surface area contributed by atoms with E-state index in [1.807, 2.05) is 0 Å². The lowest BCUT2D eigenvalue weighted by atomic mass is 10.1. The third-order valence-corrected chi connectivity index (χ3v) is 1.50. The van der Waals surface area contributed by atoms with Crippen molar-refractivity contribution in [3.05, 3.63) is 12.2 Å². The van der Waals surface area contributed by atoms with E-state index in [4.69, 9.17) is 5.73 Å². The van der Waals surface area contributed by atoms with Gasteiger partial charge in [0, 0.05) is 5.92 Å². The van der Waals surface area contributed by atoms with Crippen molar-refractivity contribution >= 4 is 0 Å². The topological polar surface area (TPSA) is 67.6 Å². The smallest absolute Gasteiger partial charge is 0.137 e. The van der Waals surface area contributed by atoms with Crippen LogP contribution in [-0.4, -0.2) is 21.7 Å². The molecule has 0 aliphatic rings. The Labute approximate surface area is 59.8 Å². The van der Waals surface area contributed by atoms with Crippen LogP contribution in [0.5, 0.6) is 0 Å². The van der Waals surface area contributed by atoms with Crippen LogP contribution in [0.4, 0.5) is 0 Å². The molecule has 1 aromatic heterocycles. The van der Waals surface area contributed by atoms with Gasteiger partial charge in [0.05, 0.1) is 0 Å². The van der Waals surface area contributed by atoms with Gasteiger partial charge in [-0.25, -0.2) is 4.98 Å². The maximum Gasteiger partial charge on any atom is 0.137 e. The molecule has 1 aromatic rings. The minimum Gasteiger partial charge on any atom is -0.330 e. The number of aromatic amines is 1. The zero-order chi connectivity index (χ0) is 7.40. The molecule has 10 heavy (non-hydrogen) atoms. The van der Waals surface area contributed by atoms with Gasteiger partial charge >= 0.3 is 0 Å². The second-order valence-electron chi connectivity index (χ2n) is 2.35. The molecule has 3 N–H and O–H groups in total. The molecule has 0 amide bonds. The highest BCUT2D eigenvalue weighted by Gasteiger charge is 2.05. The molecular weight excluding hydrogens is 128 g/mol. The number of aromatic nitrogens is 3. The van der Waals surface area contributed by atoms with Crippen LogP contribution in [0.3, 0.4) is 0 Å². The molecule has 4 heteroatoms. The van der Waals surface area contributed by atoms with Gasteiger partial charge in [0.25, 0.3) is 0 Å². The molecule has 56 valence electrons. The third kappa shape index (κ3) is 1.54. The van der Waals surface area contributed by atoms with Gasteiger partial charge < -0.3 is 5.73 Å². The molecule has 0 fully saturated rings. The summed E-state index contributed by atoms with van der Waals surface area (Å²) in [5.41, 5.74) is 5.37. The summed E-state index contributed by atoms with van der Waals surface area (Å²) in [7, 11) is 0. The van der Waals surface area contributed by atoms with Crippen LogP contribution in [0.2, 0.25) is 0 Å². The first-order valence-electron chi connectivity index (χ1n) is 3.40. The van der Waals surface area contributed by atoms with Crippen molar-refractivity contribution < 1.29 is 0 Å². The van der Waals surface area contributed by atoms with Crippen molar-refractivity contribution in [1.29, 1.82) is 0 Å². The first-order chi connectivity index (χ1) is 4.84. The van der Waals surface area contributed by atoms with Gasteiger partial charge in [0.15, 0.2) is 0 Å². The predicted molar refractivity (Wildman–Crippen MR) is 38.5 cm³/mol. The summed E-state index contributed by atoms with van der Waals surface area (Å²) in [6.07, 6.45) is 2.47. The molecule has 1 heterocycles. The minimum absolute atomic E-state index is 0.396. The zero-order valence-corrected chi connectivity index (χ0v) is 6.04. The van der Waals surface area contributed by atoms with Crippen LogP contribution in [0, 0.1) is 0 Å². The quantitative estimate of drug-likeness (QED) is 0.632. The summed E-state index contributed by atoms with van der Waals surface area (Å²) < 4.78 is 0. The molecule has 0 bridgehead atoms. The lowest BCUT2D eigenvalue weighted by Gasteiger charge is -2.03. The summed E-state index contributed by atoms with van der Waals surface area (Å²) in [4.78, 5) is 4.01. The molecule has 1 rings (SSSR count). The third-order valence-electron chi connectivity index (χ3n) is 1.50. The minimum atomic E-state index is 0.396. The molecule has 0 aliphatic heterocycles. The van der Waals surface area contributed by atoms with Crippen LogP contribution in [0.1, 0.15) is 25.1 Å². The van der Waals surface area contributed by atoms with Gasteiger partial charge in [0.1, 0.15) is 12.2 Å². The first-order valence-corrected chi connectivity index (χ1v) is 3.40. The molecule has 1 unspecified atom stereocenters. The highest BCUT2D eigenvalue weighted by atomic mass is 15.2. The number of hydrogen-bond acceptors (Lipinski definition) is 3. The molecule has 0 aliphatic carbocycles. The molecule has 0 saturated carbocycles. The number of nitrogens with one attached hydrogen (secondary N) is 1. The standard InChI is InChI=1S/C6H12N4/c1-5(2-3-7)6-8-4-9-10-6/h4-5H,2-3,7H2,1H3,(H,8,9,10). The molecule has 0 saturated heterocycles. The van der Waals surface area contributed by atoms with Crippen molar-refractivity contribution in [2.24, 2.45) is 5.73 Å². The van der Waals surface area contributed by atoms with Crippen LogP contribution in [0.25, 0.3) is 0 Å². The zero-order valence-electron chi connectivity index (χ0n) is 6.04. The predicted octanol–water partition coefficient (Wildman–Crippen LogP) is 0.257. The summed E-state index contributed by atoms with van der Waals surface area (Å²) in [6.45, 7) is 2.77. The lowest BCUT2D eigenvalue weighted by molar-refractivity contribution is 0.650. The Morgan fingerprint density at radius 1 is 1.80 bits per heavy atom. The van der Waals surface area contributed by atoms with Crippen LogP contribution in [0.15, 0.2) is 6.33 Å². The van der Waals surface area contributed by atoms with E-state index in [9.17, 15) is 0 Å². The van der Waals surface area contributed by atoms with Crippen molar-refractivity contribution in [2.75, 3.05) is 6.54 Å². The van der Waals surface area contributed by atoms with Gasteiger partial charge in [-0.15, -0.1) is 0 Å². The average Bonchev–Trinajstić information content (AvgIpc) is 2.38. The Balaban J connectivity index is 2.50. The van der Waals surface area contributed by atoms with E-state index in [0.29, 0.717) is 12.5 Å². The summed E-state index contributed by atoms with van der Waals surface area (Å²) in [5, 5.41) is 6.55. The maximum atomic E-state index is 5.37. The van der Waals surface area contributed by atoms with Gasteiger partial charge in [-0.2, -0.15) is 5.10 Å². The number of hydrogen-bond donors (Lipinski definition) is 2. The van der Waals surface area contributed by atoms with Crippen LogP contribution in [-0.2, 0) is 0 Å². The van der Waals surface area contributed by atoms with E-state index in [2.05, 4.69) is 22.1 Å². The second-order valence-corrected chi connectivity index (χ2v) is 2.35. The molecule has 0 radical (unpaired) electrons. The van der Waals surface area contributed by atoms with Crippen molar-refractivity contribution in [3.63, 3.8) is 0 Å². The van der Waals surface area contributed by atoms with E-state index in [1.54, 1.807) is 0 Å². The monoisotopic (exact) mass is 140 g/mol. The Kier molecular flexibility index (Phi) is 2.39. The molecular formula is C6H12N4. The van der Waals surface area contributed by atoms with Gasteiger partial charge in [-0.3, -0.25) is 5.10 Å². The average molecular weight is 140 g/mol. The number of nitrogens with zero attached hydrogens (tertiary/aromatic N) is 2. The maximum absolute atomic E-state index is 5.37. The normalized spacial score (nSPS) is 13.4. The van der Waals surface area contributed by atoms with Gasteiger partial charge in [0.2, 0.25) is 0 Å².